The number of benzene rings is 4. The minimum atomic E-state index is -1.36. The second kappa shape index (κ2) is 12.5. The number of phenolic OH excluding ortho intramolecular Hbond substituents is 2. The van der Waals surface area contributed by atoms with Gasteiger partial charge in [-0.25, -0.2) is 0 Å². The SMILES string of the molecule is O=C(Cc1ccc(O)c(Oc2ccccc2)c1)[O][Al+][O]C(=O)Cc1ccc(O)c(Oc2ccccc2)c1. The fourth-order valence-electron chi connectivity index (χ4n) is 3.28. The van der Waals surface area contributed by atoms with E-state index < -0.39 is 27.8 Å². The molecule has 0 saturated carbocycles. The van der Waals surface area contributed by atoms with Crippen molar-refractivity contribution < 1.29 is 36.9 Å². The molecule has 8 nitrogen and oxygen atoms in total. The van der Waals surface area contributed by atoms with Gasteiger partial charge in [-0.2, -0.15) is 0 Å². The van der Waals surface area contributed by atoms with Crippen molar-refractivity contribution >= 4 is 27.8 Å². The van der Waals surface area contributed by atoms with Crippen LogP contribution < -0.4 is 9.47 Å². The number of rotatable bonds is 10. The van der Waals surface area contributed by atoms with Crippen molar-refractivity contribution in [2.75, 3.05) is 0 Å². The van der Waals surface area contributed by atoms with E-state index in [9.17, 15) is 19.8 Å². The van der Waals surface area contributed by atoms with Gasteiger partial charge < -0.3 is 0 Å². The van der Waals surface area contributed by atoms with Crippen LogP contribution in [0.4, 0.5) is 0 Å². The molecule has 0 fully saturated rings. The number of aromatic hydroxyl groups is 2. The van der Waals surface area contributed by atoms with Gasteiger partial charge in [0.1, 0.15) is 0 Å². The molecule has 0 spiro atoms. The van der Waals surface area contributed by atoms with Gasteiger partial charge in [0.25, 0.3) is 0 Å². The number of hydrogen-bond donors (Lipinski definition) is 2. The molecule has 0 saturated heterocycles. The zero-order valence-electron chi connectivity index (χ0n) is 19.6. The molecule has 4 aromatic carbocycles. The Labute approximate surface area is 220 Å². The Balaban J connectivity index is 1.25. The number of para-hydroxylation sites is 2. The van der Waals surface area contributed by atoms with Crippen LogP contribution in [0.2, 0.25) is 0 Å². The van der Waals surface area contributed by atoms with Crippen LogP contribution in [0, 0.1) is 0 Å². The summed E-state index contributed by atoms with van der Waals surface area (Å²) < 4.78 is 21.5. The fraction of sp³-hybridized carbons (Fsp3) is 0.0714. The molecule has 0 bridgehead atoms. The summed E-state index contributed by atoms with van der Waals surface area (Å²) >= 11 is -1.36. The van der Waals surface area contributed by atoms with E-state index in [4.69, 9.17) is 17.1 Å². The molecule has 4 aromatic rings. The molecule has 0 amide bonds. The molecule has 0 atom stereocenters. The summed E-state index contributed by atoms with van der Waals surface area (Å²) in [6.45, 7) is 0. The van der Waals surface area contributed by atoms with Crippen molar-refractivity contribution in [1.82, 2.24) is 0 Å². The Morgan fingerprint density at radius 3 is 1.41 bits per heavy atom. The number of carbonyl (C=O) groups is 2. The molecule has 37 heavy (non-hydrogen) atoms. The van der Waals surface area contributed by atoms with Crippen molar-refractivity contribution in [2.24, 2.45) is 0 Å². The van der Waals surface area contributed by atoms with Gasteiger partial charge in [0.05, 0.1) is 0 Å². The van der Waals surface area contributed by atoms with Crippen LogP contribution in [0.3, 0.4) is 0 Å². The molecule has 184 valence electrons. The predicted molar refractivity (Wildman–Crippen MR) is 135 cm³/mol. The van der Waals surface area contributed by atoms with Crippen LogP contribution in [0.25, 0.3) is 0 Å². The first kappa shape index (κ1) is 25.6. The van der Waals surface area contributed by atoms with Crippen LogP contribution in [0.15, 0.2) is 97.1 Å². The van der Waals surface area contributed by atoms with Crippen molar-refractivity contribution in [2.45, 2.75) is 12.8 Å². The average molecular weight is 513 g/mol. The van der Waals surface area contributed by atoms with E-state index in [1.54, 1.807) is 72.8 Å². The second-order valence-electron chi connectivity index (χ2n) is 7.86. The Hall–Kier alpha value is -4.45. The Kier molecular flexibility index (Phi) is 8.66. The van der Waals surface area contributed by atoms with Crippen molar-refractivity contribution in [1.29, 1.82) is 0 Å². The minimum absolute atomic E-state index is 0.0629. The summed E-state index contributed by atoms with van der Waals surface area (Å²) in [4.78, 5) is 24.4. The molecule has 4 rings (SSSR count). The van der Waals surface area contributed by atoms with Gasteiger partial charge >= 0.3 is 220 Å². The third-order valence-corrected chi connectivity index (χ3v) is 5.76. The molecule has 0 aliphatic carbocycles. The van der Waals surface area contributed by atoms with Crippen molar-refractivity contribution in [3.05, 3.63) is 108 Å². The van der Waals surface area contributed by atoms with E-state index in [1.165, 1.54) is 12.1 Å². The number of carbonyl (C=O) groups excluding carboxylic acids is 2. The van der Waals surface area contributed by atoms with Crippen LogP contribution >= 0.6 is 0 Å². The third kappa shape index (κ3) is 7.77. The molecule has 2 N–H and O–H groups in total. The normalized spacial score (nSPS) is 10.2. The van der Waals surface area contributed by atoms with Gasteiger partial charge in [0.15, 0.2) is 0 Å². The summed E-state index contributed by atoms with van der Waals surface area (Å²) in [6.07, 6.45) is -0.178. The third-order valence-electron chi connectivity index (χ3n) is 5.05. The number of ether oxygens (including phenoxy) is 2. The predicted octanol–water partition coefficient (Wildman–Crippen LogP) is 5.09. The second-order valence-corrected chi connectivity index (χ2v) is 8.53. The van der Waals surface area contributed by atoms with E-state index in [-0.39, 0.29) is 35.8 Å². The van der Waals surface area contributed by atoms with E-state index in [0.29, 0.717) is 22.6 Å². The molecule has 9 heteroatoms. The van der Waals surface area contributed by atoms with Gasteiger partial charge in [0.2, 0.25) is 0 Å². The summed E-state index contributed by atoms with van der Waals surface area (Å²) in [6, 6.07) is 27.0. The summed E-state index contributed by atoms with van der Waals surface area (Å²) in [7, 11) is 0. The maximum absolute atomic E-state index is 12.2. The van der Waals surface area contributed by atoms with Gasteiger partial charge in [-0.15, -0.1) is 0 Å². The van der Waals surface area contributed by atoms with E-state index in [2.05, 4.69) is 0 Å². The number of phenols is 2. The molecule has 0 aromatic heterocycles. The first-order valence-corrected chi connectivity index (χ1v) is 12.2. The van der Waals surface area contributed by atoms with Crippen molar-refractivity contribution in [3.8, 4) is 34.5 Å². The fourth-order valence-corrected chi connectivity index (χ4v) is 3.71. The van der Waals surface area contributed by atoms with Gasteiger partial charge in [0, 0.05) is 0 Å². The monoisotopic (exact) mass is 513 g/mol. The van der Waals surface area contributed by atoms with Crippen LogP contribution in [0.5, 0.6) is 34.5 Å². The molecule has 0 unspecified atom stereocenters. The van der Waals surface area contributed by atoms with Gasteiger partial charge in [-0.3, -0.25) is 0 Å². The van der Waals surface area contributed by atoms with Gasteiger partial charge in [-0.05, 0) is 0 Å². The Bertz CT molecular complexity index is 1250. The molecule has 0 heterocycles. The van der Waals surface area contributed by atoms with Crippen LogP contribution in [0.1, 0.15) is 11.1 Å². The van der Waals surface area contributed by atoms with Gasteiger partial charge in [-0.1, -0.05) is 0 Å². The molecular formula is C28H22AlO8+. The first-order chi connectivity index (χ1) is 18.0. The number of hydrogen-bond acceptors (Lipinski definition) is 8. The van der Waals surface area contributed by atoms with E-state index in [1.807, 2.05) is 12.1 Å². The van der Waals surface area contributed by atoms with Crippen molar-refractivity contribution in [3.63, 3.8) is 0 Å². The zero-order valence-corrected chi connectivity index (χ0v) is 20.7. The maximum atomic E-state index is 12.2. The first-order valence-electron chi connectivity index (χ1n) is 11.3. The molecule has 0 radical (unpaired) electrons. The molecular weight excluding hydrogens is 491 g/mol. The standard InChI is InChI=1S/2C14H12O4.Al/c2*15-12-7-6-10(9-14(16)17)8-13(12)18-11-4-2-1-3-5-11;/h2*1-8,15H,9H2,(H,16,17);/q;;+3/p-2. The Morgan fingerprint density at radius 2 is 1.00 bits per heavy atom. The molecule has 0 aliphatic rings. The van der Waals surface area contributed by atoms with Crippen LogP contribution in [-0.4, -0.2) is 38.0 Å². The van der Waals surface area contributed by atoms with Crippen LogP contribution in [-0.2, 0) is 30.0 Å². The zero-order chi connectivity index (χ0) is 26.0. The topological polar surface area (TPSA) is 112 Å². The summed E-state index contributed by atoms with van der Waals surface area (Å²) in [5.74, 6) is 0.214. The summed E-state index contributed by atoms with van der Waals surface area (Å²) in [5, 5.41) is 20.1. The molecule has 0 aliphatic heterocycles. The van der Waals surface area contributed by atoms with E-state index >= 15 is 0 Å². The Morgan fingerprint density at radius 1 is 0.595 bits per heavy atom. The van der Waals surface area contributed by atoms with E-state index in [0.717, 1.165) is 0 Å². The quantitative estimate of drug-likeness (QED) is 0.282. The average Bonchev–Trinajstić information content (AvgIpc) is 2.89. The summed E-state index contributed by atoms with van der Waals surface area (Å²) in [5.41, 5.74) is 1.13.